The second kappa shape index (κ2) is 10.4. The molecule has 10 heteroatoms. The molecule has 1 unspecified atom stereocenters. The Hall–Kier alpha value is -2.14. The minimum Gasteiger partial charge on any atom is -0.495 e. The highest BCUT2D eigenvalue weighted by Gasteiger charge is 2.29. The topological polar surface area (TPSA) is 84.9 Å². The number of halogens is 1. The number of anilines is 1. The molecule has 31 heavy (non-hydrogen) atoms. The van der Waals surface area contributed by atoms with Crippen LogP contribution in [-0.4, -0.2) is 57.8 Å². The molecule has 1 heterocycles. The predicted octanol–water partition coefficient (Wildman–Crippen LogP) is 3.29. The van der Waals surface area contributed by atoms with Crippen molar-refractivity contribution in [3.63, 3.8) is 0 Å². The summed E-state index contributed by atoms with van der Waals surface area (Å²) in [6.45, 7) is 3.00. The average Bonchev–Trinajstić information content (AvgIpc) is 2.78. The Morgan fingerprint density at radius 1 is 1.26 bits per heavy atom. The van der Waals surface area contributed by atoms with Gasteiger partial charge in [-0.3, -0.25) is 4.79 Å². The second-order valence-corrected chi connectivity index (χ2v) is 10.1. The molecule has 3 rings (SSSR count). The minimum atomic E-state index is -3.80. The molecule has 0 bridgehead atoms. The summed E-state index contributed by atoms with van der Waals surface area (Å²) < 4.78 is 51.8. The summed E-state index contributed by atoms with van der Waals surface area (Å²) in [5, 5.41) is 2.51. The molecular formula is C21H25FN2O5S2. The zero-order valence-corrected chi connectivity index (χ0v) is 19.0. The number of sulfonamides is 1. The molecule has 1 aliphatic rings. The lowest BCUT2D eigenvalue weighted by Gasteiger charge is -2.26. The van der Waals surface area contributed by atoms with Crippen molar-refractivity contribution in [2.45, 2.75) is 17.1 Å². The number of ether oxygens (including phenoxy) is 2. The van der Waals surface area contributed by atoms with Crippen molar-refractivity contribution >= 4 is 33.4 Å². The lowest BCUT2D eigenvalue weighted by Crippen LogP contribution is -2.40. The molecule has 1 fully saturated rings. The molecule has 1 atom stereocenters. The number of amides is 1. The SMILES string of the molecule is COc1ccc(NC(=O)CSC(C)c2ccccc2F)cc1S(=O)(=O)N1CCOCC1. The van der Waals surface area contributed by atoms with Crippen LogP contribution in [0.15, 0.2) is 47.4 Å². The molecule has 1 amide bonds. The largest absolute Gasteiger partial charge is 0.495 e. The number of thioether (sulfide) groups is 1. The maximum absolute atomic E-state index is 13.9. The standard InChI is InChI=1S/C21H25FN2O5S2/c1-15(17-5-3-4-6-18(17)22)30-14-21(25)23-16-7-8-19(28-2)20(13-16)31(26,27)24-9-11-29-12-10-24/h3-8,13,15H,9-12,14H2,1-2H3,(H,23,25). The zero-order valence-electron chi connectivity index (χ0n) is 17.3. The van der Waals surface area contributed by atoms with Crippen molar-refractivity contribution in [3.05, 3.63) is 53.8 Å². The van der Waals surface area contributed by atoms with Crippen molar-refractivity contribution in [3.8, 4) is 5.75 Å². The van der Waals surface area contributed by atoms with Crippen molar-refractivity contribution in [1.29, 1.82) is 0 Å². The van der Waals surface area contributed by atoms with Gasteiger partial charge in [-0.2, -0.15) is 4.31 Å². The fourth-order valence-corrected chi connectivity index (χ4v) is 5.61. The Balaban J connectivity index is 1.69. The average molecular weight is 469 g/mol. The summed E-state index contributed by atoms with van der Waals surface area (Å²) in [7, 11) is -2.40. The Bertz CT molecular complexity index is 1030. The number of morpholine rings is 1. The molecule has 0 radical (unpaired) electrons. The first-order valence-electron chi connectivity index (χ1n) is 9.74. The molecule has 2 aromatic rings. The van der Waals surface area contributed by atoms with E-state index in [-0.39, 0.29) is 46.5 Å². The molecular weight excluding hydrogens is 443 g/mol. The van der Waals surface area contributed by atoms with E-state index in [1.165, 1.54) is 41.4 Å². The minimum absolute atomic E-state index is 0.0120. The molecule has 0 saturated carbocycles. The smallest absolute Gasteiger partial charge is 0.246 e. The van der Waals surface area contributed by atoms with Crippen LogP contribution in [0.3, 0.4) is 0 Å². The van der Waals surface area contributed by atoms with Gasteiger partial charge in [-0.05, 0) is 31.2 Å². The highest BCUT2D eigenvalue weighted by atomic mass is 32.2. The lowest BCUT2D eigenvalue weighted by molar-refractivity contribution is -0.113. The first-order valence-corrected chi connectivity index (χ1v) is 12.2. The van der Waals surface area contributed by atoms with Crippen molar-refractivity contribution in [2.24, 2.45) is 0 Å². The van der Waals surface area contributed by atoms with E-state index in [2.05, 4.69) is 5.32 Å². The van der Waals surface area contributed by atoms with Gasteiger partial charge in [0.1, 0.15) is 16.5 Å². The molecule has 0 aromatic heterocycles. The summed E-state index contributed by atoms with van der Waals surface area (Å²) in [6.07, 6.45) is 0. The van der Waals surface area contributed by atoms with E-state index in [1.807, 2.05) is 6.92 Å². The van der Waals surface area contributed by atoms with E-state index >= 15 is 0 Å². The van der Waals surface area contributed by atoms with Gasteiger partial charge in [-0.1, -0.05) is 18.2 Å². The zero-order chi connectivity index (χ0) is 22.4. The van der Waals surface area contributed by atoms with E-state index in [4.69, 9.17) is 9.47 Å². The lowest BCUT2D eigenvalue weighted by atomic mass is 10.1. The fourth-order valence-electron chi connectivity index (χ4n) is 3.17. The Morgan fingerprint density at radius 3 is 2.65 bits per heavy atom. The third-order valence-electron chi connectivity index (χ3n) is 4.84. The van der Waals surface area contributed by atoms with E-state index in [0.29, 0.717) is 24.5 Å². The van der Waals surface area contributed by atoms with E-state index in [9.17, 15) is 17.6 Å². The van der Waals surface area contributed by atoms with Crippen molar-refractivity contribution in [1.82, 2.24) is 4.31 Å². The molecule has 1 aliphatic heterocycles. The van der Waals surface area contributed by atoms with Crippen LogP contribution in [0.2, 0.25) is 0 Å². The van der Waals surface area contributed by atoms with E-state index < -0.39 is 10.0 Å². The summed E-state index contributed by atoms with van der Waals surface area (Å²) in [5.74, 6) is -0.330. The first-order chi connectivity index (χ1) is 14.8. The van der Waals surface area contributed by atoms with Crippen LogP contribution in [0.4, 0.5) is 10.1 Å². The number of hydrogen-bond acceptors (Lipinski definition) is 6. The van der Waals surface area contributed by atoms with E-state index in [1.54, 1.807) is 24.3 Å². The maximum Gasteiger partial charge on any atom is 0.246 e. The first kappa shape index (κ1) is 23.5. The van der Waals surface area contributed by atoms with Gasteiger partial charge in [0.15, 0.2) is 0 Å². The number of methoxy groups -OCH3 is 1. The molecule has 7 nitrogen and oxygen atoms in total. The van der Waals surface area contributed by atoms with E-state index in [0.717, 1.165) is 0 Å². The van der Waals surface area contributed by atoms with Gasteiger partial charge >= 0.3 is 0 Å². The normalized spacial score (nSPS) is 16.0. The number of rotatable bonds is 8. The fraction of sp³-hybridized carbons (Fsp3) is 0.381. The predicted molar refractivity (Wildman–Crippen MR) is 118 cm³/mol. The summed E-state index contributed by atoms with van der Waals surface area (Å²) in [4.78, 5) is 12.4. The van der Waals surface area contributed by atoms with Gasteiger partial charge in [-0.15, -0.1) is 11.8 Å². The van der Waals surface area contributed by atoms with Crippen LogP contribution in [0, 0.1) is 5.82 Å². The van der Waals surface area contributed by atoms with Gasteiger partial charge in [0.2, 0.25) is 15.9 Å². The Labute approximate surface area is 186 Å². The van der Waals surface area contributed by atoms with Crippen molar-refractivity contribution < 1.29 is 27.1 Å². The van der Waals surface area contributed by atoms with Gasteiger partial charge in [0.25, 0.3) is 0 Å². The van der Waals surface area contributed by atoms with Gasteiger partial charge < -0.3 is 14.8 Å². The Morgan fingerprint density at radius 2 is 1.97 bits per heavy atom. The number of hydrogen-bond donors (Lipinski definition) is 1. The third kappa shape index (κ3) is 5.76. The van der Waals surface area contributed by atoms with Crippen molar-refractivity contribution in [2.75, 3.05) is 44.5 Å². The quantitative estimate of drug-likeness (QED) is 0.640. The van der Waals surface area contributed by atoms with Crippen LogP contribution in [-0.2, 0) is 19.6 Å². The summed E-state index contributed by atoms with van der Waals surface area (Å²) in [5.41, 5.74) is 0.875. The van der Waals surface area contributed by atoms with Crippen LogP contribution in [0.25, 0.3) is 0 Å². The van der Waals surface area contributed by atoms with Crippen LogP contribution in [0.1, 0.15) is 17.7 Å². The summed E-state index contributed by atoms with van der Waals surface area (Å²) >= 11 is 1.29. The highest BCUT2D eigenvalue weighted by molar-refractivity contribution is 8.00. The van der Waals surface area contributed by atoms with Crippen LogP contribution >= 0.6 is 11.8 Å². The molecule has 168 valence electrons. The number of carbonyl (C=O) groups excluding carboxylic acids is 1. The van der Waals surface area contributed by atoms with Gasteiger partial charge in [0.05, 0.1) is 26.1 Å². The molecule has 1 saturated heterocycles. The maximum atomic E-state index is 13.9. The number of nitrogens with zero attached hydrogens (tertiary/aromatic N) is 1. The molecule has 0 aliphatic carbocycles. The van der Waals surface area contributed by atoms with Gasteiger partial charge in [-0.25, -0.2) is 12.8 Å². The molecule has 1 N–H and O–H groups in total. The third-order valence-corrected chi connectivity index (χ3v) is 7.95. The summed E-state index contributed by atoms with van der Waals surface area (Å²) in [6, 6.07) is 10.9. The van der Waals surface area contributed by atoms with Crippen LogP contribution < -0.4 is 10.1 Å². The van der Waals surface area contributed by atoms with Crippen LogP contribution in [0.5, 0.6) is 5.75 Å². The monoisotopic (exact) mass is 468 g/mol. The molecule has 0 spiro atoms. The number of nitrogens with one attached hydrogen (secondary N) is 1. The number of benzene rings is 2. The number of carbonyl (C=O) groups is 1. The highest BCUT2D eigenvalue weighted by Crippen LogP contribution is 2.32. The van der Waals surface area contributed by atoms with Gasteiger partial charge in [0, 0.05) is 29.6 Å². The Kier molecular flexibility index (Phi) is 7.93. The molecule has 2 aromatic carbocycles. The second-order valence-electron chi connectivity index (χ2n) is 6.91.